The van der Waals surface area contributed by atoms with Crippen LogP contribution in [0.5, 0.6) is 0 Å². The van der Waals surface area contributed by atoms with E-state index in [1.807, 2.05) is 30.5 Å². The molecule has 2 aliphatic heterocycles. The normalized spacial score (nSPS) is 18.7. The zero-order valence-electron chi connectivity index (χ0n) is 15.2. The zero-order valence-corrected chi connectivity index (χ0v) is 16.0. The van der Waals surface area contributed by atoms with Crippen LogP contribution in [-0.2, 0) is 18.3 Å². The van der Waals surface area contributed by atoms with E-state index in [0.29, 0.717) is 11.6 Å². The summed E-state index contributed by atoms with van der Waals surface area (Å²) in [5, 5.41) is 7.18. The van der Waals surface area contributed by atoms with Gasteiger partial charge in [-0.2, -0.15) is 0 Å². The van der Waals surface area contributed by atoms with E-state index in [1.54, 1.807) is 0 Å². The summed E-state index contributed by atoms with van der Waals surface area (Å²) in [4.78, 5) is 21.0. The molecule has 3 N–H and O–H groups in total. The Balaban J connectivity index is 1.54. The Labute approximate surface area is 167 Å². The number of nitrogens with one attached hydrogen (secondary N) is 3. The van der Waals surface area contributed by atoms with Crippen molar-refractivity contribution in [3.63, 3.8) is 0 Å². The lowest BCUT2D eigenvalue weighted by molar-refractivity contribution is 0.0905. The number of aryl methyl sites for hydroxylation is 1. The summed E-state index contributed by atoms with van der Waals surface area (Å²) in [6.07, 6.45) is 3.73. The number of hydrogen-bond acceptors (Lipinski definition) is 3. The Hall–Kier alpha value is -2.63. The van der Waals surface area contributed by atoms with Crippen LogP contribution in [-0.4, -0.2) is 35.5 Å². The van der Waals surface area contributed by atoms with Gasteiger partial charge in [0.15, 0.2) is 0 Å². The maximum Gasteiger partial charge on any atom is 0.253 e. The van der Waals surface area contributed by atoms with E-state index in [-0.39, 0.29) is 11.3 Å². The van der Waals surface area contributed by atoms with E-state index < -0.39 is 0 Å². The number of halogens is 1. The summed E-state index contributed by atoms with van der Waals surface area (Å²) in [7, 11) is 0. The second-order valence-corrected chi connectivity index (χ2v) is 8.47. The van der Waals surface area contributed by atoms with Crippen molar-refractivity contribution >= 4 is 17.5 Å². The molecule has 1 aliphatic carbocycles. The van der Waals surface area contributed by atoms with Crippen molar-refractivity contribution in [1.82, 2.24) is 20.6 Å². The lowest BCUT2D eigenvalue weighted by atomic mass is 9.74. The van der Waals surface area contributed by atoms with Gasteiger partial charge >= 0.3 is 0 Å². The van der Waals surface area contributed by atoms with Crippen molar-refractivity contribution in [3.8, 4) is 22.5 Å². The second-order valence-electron chi connectivity index (χ2n) is 8.03. The standard InChI is InChI=1S/C22H19ClN4O/c23-14-3-1-2-12(6-14)17-7-16-13(8-25-17)4-5-15-18-20(27-19(15)16)22(9-24-10-22)11-26-21(18)28/h1-3,6-8,24,27H,4-5,9-11H2,(H,26,28). The number of amides is 1. The summed E-state index contributed by atoms with van der Waals surface area (Å²) in [6, 6.07) is 9.89. The molecular weight excluding hydrogens is 372 g/mol. The molecule has 2 aromatic heterocycles. The second kappa shape index (κ2) is 5.69. The summed E-state index contributed by atoms with van der Waals surface area (Å²) in [6.45, 7) is 2.50. The molecule has 1 fully saturated rings. The number of aromatic amines is 1. The van der Waals surface area contributed by atoms with Crippen LogP contribution in [0.15, 0.2) is 36.5 Å². The quantitative estimate of drug-likeness (QED) is 0.598. The van der Waals surface area contributed by atoms with E-state index in [2.05, 4.69) is 26.7 Å². The maximum absolute atomic E-state index is 12.7. The zero-order chi connectivity index (χ0) is 18.9. The van der Waals surface area contributed by atoms with E-state index in [4.69, 9.17) is 11.6 Å². The largest absolute Gasteiger partial charge is 0.357 e. The maximum atomic E-state index is 12.7. The van der Waals surface area contributed by atoms with Gasteiger partial charge in [-0.05, 0) is 42.2 Å². The van der Waals surface area contributed by atoms with Gasteiger partial charge in [0.1, 0.15) is 0 Å². The predicted molar refractivity (Wildman–Crippen MR) is 109 cm³/mol. The van der Waals surface area contributed by atoms with Crippen LogP contribution >= 0.6 is 11.6 Å². The Morgan fingerprint density at radius 3 is 2.79 bits per heavy atom. The van der Waals surface area contributed by atoms with Gasteiger partial charge in [0, 0.05) is 47.7 Å². The van der Waals surface area contributed by atoms with Gasteiger partial charge in [-0.3, -0.25) is 9.78 Å². The molecule has 0 radical (unpaired) electrons. The molecule has 0 saturated carbocycles. The first kappa shape index (κ1) is 16.3. The molecule has 6 heteroatoms. The van der Waals surface area contributed by atoms with Gasteiger partial charge in [-0.1, -0.05) is 23.7 Å². The Morgan fingerprint density at radius 1 is 1.11 bits per heavy atom. The Bertz CT molecular complexity index is 1150. The molecule has 5 nitrogen and oxygen atoms in total. The van der Waals surface area contributed by atoms with Crippen LogP contribution in [0, 0.1) is 0 Å². The summed E-state index contributed by atoms with van der Waals surface area (Å²) >= 11 is 6.17. The molecule has 3 aromatic rings. The highest BCUT2D eigenvalue weighted by Gasteiger charge is 2.47. The molecule has 1 saturated heterocycles. The van der Waals surface area contributed by atoms with E-state index >= 15 is 0 Å². The van der Waals surface area contributed by atoms with Crippen LogP contribution in [0.4, 0.5) is 0 Å². The minimum Gasteiger partial charge on any atom is -0.357 e. The lowest BCUT2D eigenvalue weighted by Crippen LogP contribution is -2.64. The van der Waals surface area contributed by atoms with Crippen molar-refractivity contribution in [2.75, 3.05) is 19.6 Å². The number of hydrogen-bond donors (Lipinski definition) is 3. The molecule has 140 valence electrons. The lowest BCUT2D eigenvalue weighted by Gasteiger charge is -2.45. The third-order valence-electron chi connectivity index (χ3n) is 6.40. The van der Waals surface area contributed by atoms with Gasteiger partial charge in [-0.15, -0.1) is 0 Å². The smallest absolute Gasteiger partial charge is 0.253 e. The first-order valence-corrected chi connectivity index (χ1v) is 10.0. The minimum absolute atomic E-state index is 0.00353. The van der Waals surface area contributed by atoms with E-state index in [9.17, 15) is 4.79 Å². The monoisotopic (exact) mass is 390 g/mol. The highest BCUT2D eigenvalue weighted by atomic mass is 35.5. The molecule has 28 heavy (non-hydrogen) atoms. The van der Waals surface area contributed by atoms with Gasteiger partial charge < -0.3 is 15.6 Å². The predicted octanol–water partition coefficient (Wildman–Crippen LogP) is 3.08. The molecule has 3 aliphatic rings. The number of aromatic nitrogens is 2. The fourth-order valence-electron chi connectivity index (χ4n) is 4.80. The molecule has 1 aromatic carbocycles. The summed E-state index contributed by atoms with van der Waals surface area (Å²) in [5.74, 6) is 0.0533. The van der Waals surface area contributed by atoms with Crippen LogP contribution in [0.25, 0.3) is 22.5 Å². The first-order valence-electron chi connectivity index (χ1n) is 9.64. The molecule has 1 spiro atoms. The number of nitrogens with zero attached hydrogens (tertiary/aromatic N) is 1. The molecule has 0 bridgehead atoms. The van der Waals surface area contributed by atoms with Gasteiger partial charge in [0.05, 0.1) is 22.4 Å². The molecular formula is C22H19ClN4O. The van der Waals surface area contributed by atoms with Gasteiger partial charge in [0.2, 0.25) is 0 Å². The van der Waals surface area contributed by atoms with Crippen molar-refractivity contribution in [2.24, 2.45) is 0 Å². The first-order chi connectivity index (χ1) is 13.6. The number of carbonyl (C=O) groups is 1. The van der Waals surface area contributed by atoms with Crippen molar-refractivity contribution in [2.45, 2.75) is 18.3 Å². The van der Waals surface area contributed by atoms with Gasteiger partial charge in [0.25, 0.3) is 5.91 Å². The highest BCUT2D eigenvalue weighted by Crippen LogP contribution is 2.43. The number of rotatable bonds is 1. The number of pyridine rings is 1. The van der Waals surface area contributed by atoms with E-state index in [0.717, 1.165) is 65.3 Å². The van der Waals surface area contributed by atoms with E-state index in [1.165, 1.54) is 5.56 Å². The fraction of sp³-hybridized carbons (Fsp3) is 0.273. The van der Waals surface area contributed by atoms with Crippen molar-refractivity contribution in [3.05, 3.63) is 63.9 Å². The average Bonchev–Trinajstić information content (AvgIpc) is 3.08. The third kappa shape index (κ3) is 2.17. The van der Waals surface area contributed by atoms with Crippen molar-refractivity contribution < 1.29 is 4.79 Å². The minimum atomic E-state index is 0.00353. The highest BCUT2D eigenvalue weighted by molar-refractivity contribution is 6.30. The Kier molecular flexibility index (Phi) is 3.32. The number of benzene rings is 1. The summed E-state index contributed by atoms with van der Waals surface area (Å²) < 4.78 is 0. The molecule has 4 heterocycles. The van der Waals surface area contributed by atoms with Crippen LogP contribution < -0.4 is 10.6 Å². The SMILES string of the molecule is O=C1NCC2(CNC2)c2[nH]c3c(c21)CCc1cnc(-c2cccc(Cl)c2)cc1-3. The summed E-state index contributed by atoms with van der Waals surface area (Å²) in [5.41, 5.74) is 8.47. The fourth-order valence-corrected chi connectivity index (χ4v) is 4.99. The Morgan fingerprint density at radius 2 is 2.00 bits per heavy atom. The number of H-pyrrole nitrogens is 1. The molecule has 0 unspecified atom stereocenters. The topological polar surface area (TPSA) is 69.8 Å². The van der Waals surface area contributed by atoms with Crippen LogP contribution in [0.1, 0.15) is 27.2 Å². The molecule has 0 atom stereocenters. The van der Waals surface area contributed by atoms with Crippen molar-refractivity contribution in [1.29, 1.82) is 0 Å². The number of carbonyl (C=O) groups excluding carboxylic acids is 1. The average molecular weight is 391 g/mol. The van der Waals surface area contributed by atoms with Crippen LogP contribution in [0.3, 0.4) is 0 Å². The van der Waals surface area contributed by atoms with Crippen LogP contribution in [0.2, 0.25) is 5.02 Å². The molecule has 6 rings (SSSR count). The third-order valence-corrected chi connectivity index (χ3v) is 6.63. The number of fused-ring (bicyclic) bond motifs is 6. The van der Waals surface area contributed by atoms with Gasteiger partial charge in [-0.25, -0.2) is 0 Å². The molecule has 1 amide bonds.